The van der Waals surface area contributed by atoms with E-state index < -0.39 is 11.7 Å². The van der Waals surface area contributed by atoms with E-state index in [9.17, 15) is 14.4 Å². The van der Waals surface area contributed by atoms with Crippen LogP contribution in [0.5, 0.6) is 11.5 Å². The van der Waals surface area contributed by atoms with E-state index in [0.29, 0.717) is 49.8 Å². The second kappa shape index (κ2) is 11.7. The molecular formula is C24H24FN9O3. The minimum atomic E-state index is -0.759. The maximum absolute atomic E-state index is 14.9. The number of carbonyl (C=O) groups is 1. The molecule has 190 valence electrons. The van der Waals surface area contributed by atoms with Crippen LogP contribution in [0.4, 0.5) is 10.1 Å². The number of amides is 1. The first-order chi connectivity index (χ1) is 18.0. The van der Waals surface area contributed by atoms with Crippen molar-refractivity contribution in [1.82, 2.24) is 25.6 Å². The van der Waals surface area contributed by atoms with Crippen molar-refractivity contribution in [1.29, 1.82) is 5.26 Å². The number of nitriles is 1. The topological polar surface area (TPSA) is 154 Å². The van der Waals surface area contributed by atoms with Crippen LogP contribution in [0.15, 0.2) is 46.6 Å². The Morgan fingerprint density at radius 2 is 2.03 bits per heavy atom. The number of nitrogens with one attached hydrogen (secondary N) is 2. The predicted molar refractivity (Wildman–Crippen MR) is 132 cm³/mol. The average Bonchev–Trinajstić information content (AvgIpc) is 3.45. The van der Waals surface area contributed by atoms with Gasteiger partial charge in [0.15, 0.2) is 11.5 Å². The summed E-state index contributed by atoms with van der Waals surface area (Å²) >= 11 is 0. The number of hydrogen-bond donors (Lipinski definition) is 2. The summed E-state index contributed by atoms with van der Waals surface area (Å²) in [7, 11) is 0. The number of benzene rings is 2. The van der Waals surface area contributed by atoms with Gasteiger partial charge in [0.05, 0.1) is 30.2 Å². The van der Waals surface area contributed by atoms with E-state index in [2.05, 4.69) is 36.3 Å². The molecule has 2 heterocycles. The van der Waals surface area contributed by atoms with E-state index in [0.717, 1.165) is 11.6 Å². The van der Waals surface area contributed by atoms with Gasteiger partial charge in [-0.1, -0.05) is 0 Å². The van der Waals surface area contributed by atoms with Gasteiger partial charge in [0.1, 0.15) is 11.9 Å². The van der Waals surface area contributed by atoms with Gasteiger partial charge in [-0.15, -0.1) is 10.2 Å². The molecular weight excluding hydrogens is 481 g/mol. The lowest BCUT2D eigenvalue weighted by atomic mass is 10.0. The van der Waals surface area contributed by atoms with Crippen molar-refractivity contribution in [3.63, 3.8) is 0 Å². The Balaban J connectivity index is 1.52. The molecule has 0 unspecified atom stereocenters. The van der Waals surface area contributed by atoms with Crippen LogP contribution in [-0.4, -0.2) is 62.7 Å². The summed E-state index contributed by atoms with van der Waals surface area (Å²) in [6.07, 6.45) is 1.33. The number of aromatic nitrogens is 4. The summed E-state index contributed by atoms with van der Waals surface area (Å²) in [6, 6.07) is 11.3. The third kappa shape index (κ3) is 5.87. The van der Waals surface area contributed by atoms with Gasteiger partial charge < -0.3 is 9.47 Å². The lowest BCUT2D eigenvalue weighted by molar-refractivity contribution is 0.0747. The molecule has 1 aromatic heterocycles. The Labute approximate surface area is 211 Å². The lowest BCUT2D eigenvalue weighted by Gasteiger charge is -2.24. The smallest absolute Gasteiger partial charge is 0.276 e. The van der Waals surface area contributed by atoms with E-state index in [1.54, 1.807) is 0 Å². The Kier molecular flexibility index (Phi) is 7.99. The average molecular weight is 506 g/mol. The van der Waals surface area contributed by atoms with Crippen molar-refractivity contribution in [2.75, 3.05) is 25.2 Å². The normalized spacial score (nSPS) is 13.5. The molecule has 0 fully saturated rings. The van der Waals surface area contributed by atoms with Gasteiger partial charge in [-0.25, -0.2) is 9.40 Å². The van der Waals surface area contributed by atoms with Crippen LogP contribution in [0.3, 0.4) is 0 Å². The minimum absolute atomic E-state index is 0.0121. The molecule has 0 bridgehead atoms. The summed E-state index contributed by atoms with van der Waals surface area (Å²) in [4.78, 5) is 13.1. The Bertz CT molecular complexity index is 1370. The molecule has 1 amide bonds. The van der Waals surface area contributed by atoms with E-state index in [4.69, 9.17) is 9.47 Å². The molecule has 0 spiro atoms. The van der Waals surface area contributed by atoms with Gasteiger partial charge in [0.25, 0.3) is 5.91 Å². The van der Waals surface area contributed by atoms with E-state index in [-0.39, 0.29) is 22.8 Å². The first-order valence-corrected chi connectivity index (χ1v) is 11.6. The second-order valence-corrected chi connectivity index (χ2v) is 7.72. The van der Waals surface area contributed by atoms with E-state index >= 15 is 0 Å². The van der Waals surface area contributed by atoms with Gasteiger partial charge in [0, 0.05) is 12.1 Å². The van der Waals surface area contributed by atoms with Crippen LogP contribution in [0.1, 0.15) is 48.4 Å². The summed E-state index contributed by atoms with van der Waals surface area (Å²) < 4.78 is 26.2. The van der Waals surface area contributed by atoms with Crippen LogP contribution in [0.2, 0.25) is 0 Å². The van der Waals surface area contributed by atoms with Crippen LogP contribution >= 0.6 is 0 Å². The van der Waals surface area contributed by atoms with Crippen molar-refractivity contribution in [3.05, 3.63) is 59.2 Å². The highest BCUT2D eigenvalue weighted by atomic mass is 19.1. The van der Waals surface area contributed by atoms with Crippen LogP contribution in [0.25, 0.3) is 0 Å². The summed E-state index contributed by atoms with van der Waals surface area (Å²) in [5.74, 6) is -0.0992. The highest BCUT2D eigenvalue weighted by molar-refractivity contribution is 6.09. The van der Waals surface area contributed by atoms with Crippen molar-refractivity contribution < 1.29 is 18.7 Å². The number of H-pyrrole nitrogens is 1. The summed E-state index contributed by atoms with van der Waals surface area (Å²) in [5.41, 5.74) is 4.00. The van der Waals surface area contributed by atoms with Gasteiger partial charge >= 0.3 is 0 Å². The number of halogens is 1. The molecule has 4 rings (SSSR count). The standard InChI is InChI=1S/C24H24FN9O3/c1-3-36-21-10-7-15(12-22(21)37-4-2)19-6-5-11-34(31-19)24(35)17-9-8-16(13-18(17)25)27-28-20(14-26)23-29-32-33-30-23/h7-10,12-13,27H,3-6,11H2,1-2H3,(H,29,30,32,33)/b28-20-. The monoisotopic (exact) mass is 505 g/mol. The number of anilines is 1. The predicted octanol–water partition coefficient (Wildman–Crippen LogP) is 3.12. The molecule has 0 saturated heterocycles. The number of aromatic amines is 1. The van der Waals surface area contributed by atoms with Crippen LogP contribution in [0, 0.1) is 17.1 Å². The fourth-order valence-electron chi connectivity index (χ4n) is 3.63. The number of rotatable bonds is 9. The van der Waals surface area contributed by atoms with Crippen molar-refractivity contribution in [2.24, 2.45) is 10.2 Å². The lowest BCUT2D eigenvalue weighted by Crippen LogP contribution is -2.32. The molecule has 13 heteroatoms. The molecule has 1 aliphatic rings. The zero-order valence-electron chi connectivity index (χ0n) is 20.2. The first kappa shape index (κ1) is 25.2. The van der Waals surface area contributed by atoms with Crippen LogP contribution < -0.4 is 14.9 Å². The molecule has 0 saturated carbocycles. The van der Waals surface area contributed by atoms with Gasteiger partial charge in [-0.2, -0.15) is 20.7 Å². The Morgan fingerprint density at radius 3 is 2.73 bits per heavy atom. The number of ether oxygens (including phenoxy) is 2. The molecule has 12 nitrogen and oxygen atoms in total. The maximum Gasteiger partial charge on any atom is 0.276 e. The Morgan fingerprint density at radius 1 is 1.22 bits per heavy atom. The second-order valence-electron chi connectivity index (χ2n) is 7.72. The molecule has 1 aliphatic heterocycles. The summed E-state index contributed by atoms with van der Waals surface area (Å²) in [6.45, 7) is 5.13. The number of hydrogen-bond acceptors (Lipinski definition) is 10. The van der Waals surface area contributed by atoms with Crippen molar-refractivity contribution >= 4 is 23.0 Å². The highest BCUT2D eigenvalue weighted by Crippen LogP contribution is 2.30. The zero-order valence-corrected chi connectivity index (χ0v) is 20.2. The molecule has 0 atom stereocenters. The zero-order chi connectivity index (χ0) is 26.2. The Hall–Kier alpha value is -4.86. The number of hydrazone groups is 2. The fourth-order valence-corrected chi connectivity index (χ4v) is 3.63. The van der Waals surface area contributed by atoms with Crippen LogP contribution in [-0.2, 0) is 0 Å². The molecule has 37 heavy (non-hydrogen) atoms. The third-order valence-corrected chi connectivity index (χ3v) is 5.30. The molecule has 2 aromatic carbocycles. The largest absolute Gasteiger partial charge is 0.490 e. The quantitative estimate of drug-likeness (QED) is 0.332. The molecule has 2 N–H and O–H groups in total. The number of nitrogens with zero attached hydrogens (tertiary/aromatic N) is 7. The van der Waals surface area contributed by atoms with Crippen molar-refractivity contribution in [3.8, 4) is 17.6 Å². The first-order valence-electron chi connectivity index (χ1n) is 11.6. The van der Waals surface area contributed by atoms with E-state index in [1.165, 1.54) is 17.1 Å². The maximum atomic E-state index is 14.9. The fraction of sp³-hybridized carbons (Fsp3) is 0.292. The van der Waals surface area contributed by atoms with Crippen molar-refractivity contribution in [2.45, 2.75) is 26.7 Å². The highest BCUT2D eigenvalue weighted by Gasteiger charge is 2.24. The molecule has 0 aliphatic carbocycles. The minimum Gasteiger partial charge on any atom is -0.490 e. The summed E-state index contributed by atoms with van der Waals surface area (Å²) in [5, 5.41) is 31.7. The van der Waals surface area contributed by atoms with Gasteiger partial charge in [-0.05, 0) is 68.3 Å². The van der Waals surface area contributed by atoms with E-state index in [1.807, 2.05) is 38.1 Å². The third-order valence-electron chi connectivity index (χ3n) is 5.30. The molecule has 3 aromatic rings. The molecule has 0 radical (unpaired) electrons. The van der Waals surface area contributed by atoms with Gasteiger partial charge in [-0.3, -0.25) is 10.2 Å². The van der Waals surface area contributed by atoms with Gasteiger partial charge in [0.2, 0.25) is 11.5 Å². The number of carbonyl (C=O) groups excluding carboxylic acids is 1. The number of tetrazole rings is 1. The SMILES string of the molecule is CCOc1ccc(C2=NN(C(=O)c3ccc(N/N=C(/C#N)c4nn[nH]n4)cc3F)CCC2)cc1OCC.